The lowest BCUT2D eigenvalue weighted by molar-refractivity contribution is -0.145. The second-order valence-electron chi connectivity index (χ2n) is 3.91. The summed E-state index contributed by atoms with van der Waals surface area (Å²) in [5.41, 5.74) is -1.17. The molecule has 1 aromatic rings. The van der Waals surface area contributed by atoms with Gasteiger partial charge < -0.3 is 10.4 Å². The molecule has 1 aromatic heterocycles. The number of amides is 1. The average Bonchev–Trinajstić information content (AvgIpc) is 2.69. The summed E-state index contributed by atoms with van der Waals surface area (Å²) in [6.45, 7) is 4.93. The van der Waals surface area contributed by atoms with Gasteiger partial charge in [0.25, 0.3) is 5.91 Å². The Kier molecular flexibility index (Phi) is 3.58. The minimum absolute atomic E-state index is 0.137. The third kappa shape index (κ3) is 2.35. The van der Waals surface area contributed by atoms with Crippen LogP contribution >= 0.6 is 11.7 Å². The van der Waals surface area contributed by atoms with Gasteiger partial charge >= 0.3 is 5.97 Å². The van der Waals surface area contributed by atoms with Gasteiger partial charge in [0.1, 0.15) is 5.54 Å². The van der Waals surface area contributed by atoms with Crippen molar-refractivity contribution in [2.24, 2.45) is 5.92 Å². The Morgan fingerprint density at radius 1 is 1.56 bits per heavy atom. The third-order valence-electron chi connectivity index (χ3n) is 2.57. The molecular weight excluding hydrogens is 230 g/mol. The lowest BCUT2D eigenvalue weighted by Crippen LogP contribution is -2.55. The number of carbonyl (C=O) groups is 2. The molecule has 2 N–H and O–H groups in total. The number of aromatic nitrogens is 2. The number of carboxylic acid groups (broad SMARTS) is 1. The molecule has 88 valence electrons. The van der Waals surface area contributed by atoms with E-state index in [0.29, 0.717) is 0 Å². The molecular formula is C9H13N3O3S. The van der Waals surface area contributed by atoms with E-state index in [2.05, 4.69) is 14.1 Å². The molecule has 0 radical (unpaired) electrons. The van der Waals surface area contributed by atoms with Crippen molar-refractivity contribution < 1.29 is 14.7 Å². The summed E-state index contributed by atoms with van der Waals surface area (Å²) in [5, 5.41) is 11.6. The van der Waals surface area contributed by atoms with Crippen LogP contribution in [0.15, 0.2) is 6.20 Å². The van der Waals surface area contributed by atoms with Gasteiger partial charge in [-0.1, -0.05) is 13.8 Å². The number of hydrogen-bond acceptors (Lipinski definition) is 5. The Morgan fingerprint density at radius 3 is 2.56 bits per heavy atom. The zero-order valence-corrected chi connectivity index (χ0v) is 10.0. The van der Waals surface area contributed by atoms with Crippen molar-refractivity contribution in [3.63, 3.8) is 0 Å². The highest BCUT2D eigenvalue weighted by atomic mass is 32.1. The van der Waals surface area contributed by atoms with Crippen LogP contribution in [0.4, 0.5) is 0 Å². The molecule has 1 heterocycles. The van der Waals surface area contributed by atoms with Crippen LogP contribution in [0.2, 0.25) is 0 Å². The maximum atomic E-state index is 11.7. The highest BCUT2D eigenvalue weighted by Gasteiger charge is 2.38. The molecule has 1 amide bonds. The van der Waals surface area contributed by atoms with Crippen LogP contribution in [0, 0.1) is 5.92 Å². The van der Waals surface area contributed by atoms with E-state index in [9.17, 15) is 9.59 Å². The number of nitrogens with one attached hydrogen (secondary N) is 1. The van der Waals surface area contributed by atoms with Crippen LogP contribution in [-0.4, -0.2) is 31.3 Å². The Morgan fingerprint density at radius 2 is 2.19 bits per heavy atom. The largest absolute Gasteiger partial charge is 0.480 e. The molecule has 0 fully saturated rings. The number of hydrogen-bond donors (Lipinski definition) is 2. The standard InChI is InChI=1S/C9H13N3O3S/c1-5(2)9(3,8(14)15)11-7(13)6-4-10-16-12-6/h4-5H,1-3H3,(H,11,13)(H,14,15). The van der Waals surface area contributed by atoms with Crippen LogP contribution in [0.3, 0.4) is 0 Å². The zero-order valence-electron chi connectivity index (χ0n) is 9.22. The molecule has 1 rings (SSSR count). The Balaban J connectivity index is 2.86. The minimum Gasteiger partial charge on any atom is -0.480 e. The van der Waals surface area contributed by atoms with Gasteiger partial charge in [0.2, 0.25) is 0 Å². The van der Waals surface area contributed by atoms with E-state index >= 15 is 0 Å². The van der Waals surface area contributed by atoms with Gasteiger partial charge in [-0.15, -0.1) is 0 Å². The van der Waals surface area contributed by atoms with Crippen molar-refractivity contribution in [3.05, 3.63) is 11.9 Å². The van der Waals surface area contributed by atoms with Crippen molar-refractivity contribution >= 4 is 23.6 Å². The normalized spacial score (nSPS) is 14.5. The molecule has 1 unspecified atom stereocenters. The summed E-state index contributed by atoms with van der Waals surface area (Å²) in [6, 6.07) is 0. The van der Waals surface area contributed by atoms with Crippen molar-refractivity contribution in [1.29, 1.82) is 0 Å². The first kappa shape index (κ1) is 12.6. The summed E-state index contributed by atoms with van der Waals surface area (Å²) in [7, 11) is 0. The monoisotopic (exact) mass is 243 g/mol. The average molecular weight is 243 g/mol. The predicted molar refractivity (Wildman–Crippen MR) is 58.3 cm³/mol. The van der Waals surface area contributed by atoms with E-state index in [-0.39, 0.29) is 11.6 Å². The Hall–Kier alpha value is -1.50. The quantitative estimate of drug-likeness (QED) is 0.814. The van der Waals surface area contributed by atoms with Crippen LogP contribution in [0.5, 0.6) is 0 Å². The van der Waals surface area contributed by atoms with E-state index < -0.39 is 17.4 Å². The molecule has 7 heteroatoms. The molecule has 0 aliphatic carbocycles. The van der Waals surface area contributed by atoms with Crippen molar-refractivity contribution in [1.82, 2.24) is 14.1 Å². The highest BCUT2D eigenvalue weighted by molar-refractivity contribution is 6.99. The van der Waals surface area contributed by atoms with Crippen molar-refractivity contribution in [3.8, 4) is 0 Å². The molecule has 0 aromatic carbocycles. The molecule has 0 saturated carbocycles. The maximum absolute atomic E-state index is 11.7. The molecule has 0 spiro atoms. The van der Waals surface area contributed by atoms with E-state index in [1.54, 1.807) is 13.8 Å². The molecule has 0 bridgehead atoms. The summed E-state index contributed by atoms with van der Waals surface area (Å²) in [5.74, 6) is -1.83. The maximum Gasteiger partial charge on any atom is 0.329 e. The number of carboxylic acids is 1. The lowest BCUT2D eigenvalue weighted by Gasteiger charge is -2.29. The van der Waals surface area contributed by atoms with Crippen LogP contribution in [-0.2, 0) is 4.79 Å². The fourth-order valence-corrected chi connectivity index (χ4v) is 1.42. The molecule has 0 saturated heterocycles. The van der Waals surface area contributed by atoms with Crippen LogP contribution < -0.4 is 5.32 Å². The molecule has 1 atom stereocenters. The second-order valence-corrected chi connectivity index (χ2v) is 4.47. The Bertz CT molecular complexity index is 391. The van der Waals surface area contributed by atoms with E-state index in [1.165, 1.54) is 13.1 Å². The predicted octanol–water partition coefficient (Wildman–Crippen LogP) is 0.767. The van der Waals surface area contributed by atoms with Crippen LogP contribution in [0.25, 0.3) is 0 Å². The topological polar surface area (TPSA) is 92.2 Å². The van der Waals surface area contributed by atoms with Gasteiger partial charge in [0.05, 0.1) is 17.9 Å². The minimum atomic E-state index is -1.30. The first-order chi connectivity index (χ1) is 7.38. The highest BCUT2D eigenvalue weighted by Crippen LogP contribution is 2.17. The van der Waals surface area contributed by atoms with E-state index in [4.69, 9.17) is 5.11 Å². The van der Waals surface area contributed by atoms with Crippen molar-refractivity contribution in [2.75, 3.05) is 0 Å². The summed E-state index contributed by atoms with van der Waals surface area (Å²) >= 11 is 0.902. The van der Waals surface area contributed by atoms with Crippen molar-refractivity contribution in [2.45, 2.75) is 26.3 Å². The summed E-state index contributed by atoms with van der Waals surface area (Å²) < 4.78 is 7.43. The third-order valence-corrected chi connectivity index (χ3v) is 3.04. The van der Waals surface area contributed by atoms with Gasteiger partial charge in [0, 0.05) is 0 Å². The fraction of sp³-hybridized carbons (Fsp3) is 0.556. The van der Waals surface area contributed by atoms with Gasteiger partial charge in [-0.2, -0.15) is 8.75 Å². The molecule has 16 heavy (non-hydrogen) atoms. The number of aliphatic carboxylic acids is 1. The molecule has 0 aliphatic rings. The molecule has 6 nitrogen and oxygen atoms in total. The smallest absolute Gasteiger partial charge is 0.329 e. The first-order valence-corrected chi connectivity index (χ1v) is 5.44. The number of rotatable bonds is 4. The Labute approximate surface area is 97.0 Å². The zero-order chi connectivity index (χ0) is 12.3. The van der Waals surface area contributed by atoms with Gasteiger partial charge in [-0.3, -0.25) is 4.79 Å². The summed E-state index contributed by atoms with van der Waals surface area (Å²) in [6.07, 6.45) is 1.31. The van der Waals surface area contributed by atoms with E-state index in [1.807, 2.05) is 0 Å². The van der Waals surface area contributed by atoms with Gasteiger partial charge in [-0.25, -0.2) is 4.79 Å². The van der Waals surface area contributed by atoms with Gasteiger partial charge in [-0.05, 0) is 12.8 Å². The van der Waals surface area contributed by atoms with Crippen LogP contribution in [0.1, 0.15) is 31.3 Å². The second kappa shape index (κ2) is 4.56. The SMILES string of the molecule is CC(C)C(C)(NC(=O)c1cnsn1)C(=O)O. The molecule has 0 aliphatic heterocycles. The number of nitrogens with zero attached hydrogens (tertiary/aromatic N) is 2. The summed E-state index contributed by atoms with van der Waals surface area (Å²) in [4.78, 5) is 22.8. The fourth-order valence-electron chi connectivity index (χ4n) is 1.01. The first-order valence-electron chi connectivity index (χ1n) is 4.71. The number of carbonyl (C=O) groups excluding carboxylic acids is 1. The van der Waals surface area contributed by atoms with E-state index in [0.717, 1.165) is 11.7 Å². The lowest BCUT2D eigenvalue weighted by atomic mass is 9.88. The van der Waals surface area contributed by atoms with Gasteiger partial charge in [0.15, 0.2) is 5.69 Å².